The van der Waals surface area contributed by atoms with Crippen LogP contribution in [0.2, 0.25) is 0 Å². The average Bonchev–Trinajstić information content (AvgIpc) is 3.53. The maximum absolute atomic E-state index is 2.55. The van der Waals surface area contributed by atoms with E-state index in [4.69, 9.17) is 0 Å². The van der Waals surface area contributed by atoms with E-state index in [0.717, 1.165) is 12.8 Å². The van der Waals surface area contributed by atoms with E-state index in [1.807, 2.05) is 0 Å². The normalized spacial score (nSPS) is 13.4. The summed E-state index contributed by atoms with van der Waals surface area (Å²) in [7, 11) is 0. The van der Waals surface area contributed by atoms with Gasteiger partial charge in [-0.25, -0.2) is 0 Å². The maximum atomic E-state index is 2.55. The molecular formula is C46H42. The lowest BCUT2D eigenvalue weighted by atomic mass is 9.86. The monoisotopic (exact) mass is 594 g/mol. The lowest BCUT2D eigenvalue weighted by Crippen LogP contribution is -2.10. The number of benzene rings is 7. The first kappa shape index (κ1) is 27.9. The van der Waals surface area contributed by atoms with Gasteiger partial charge in [0, 0.05) is 0 Å². The van der Waals surface area contributed by atoms with Gasteiger partial charge in [0.1, 0.15) is 0 Å². The molecule has 0 spiro atoms. The molecule has 0 saturated carbocycles. The Morgan fingerprint density at radius 2 is 0.652 bits per heavy atom. The summed E-state index contributed by atoms with van der Waals surface area (Å²) in [6.07, 6.45) is 2.04. The minimum Gasteiger partial charge on any atom is -0.0613 e. The fourth-order valence-corrected chi connectivity index (χ4v) is 8.68. The molecule has 226 valence electrons. The summed E-state index contributed by atoms with van der Waals surface area (Å²) in [6.45, 7) is 18.6. The van der Waals surface area contributed by atoms with Crippen molar-refractivity contribution in [1.82, 2.24) is 0 Å². The number of rotatable bonds is 2. The van der Waals surface area contributed by atoms with Gasteiger partial charge in [0.25, 0.3) is 0 Å². The van der Waals surface area contributed by atoms with Crippen molar-refractivity contribution in [2.24, 2.45) is 0 Å². The Morgan fingerprint density at radius 3 is 1.02 bits per heavy atom. The Kier molecular flexibility index (Phi) is 5.51. The van der Waals surface area contributed by atoms with Crippen LogP contribution in [0.25, 0.3) is 86.2 Å². The fraction of sp³-hybridized carbons (Fsp3) is 0.261. The zero-order valence-corrected chi connectivity index (χ0v) is 28.5. The molecule has 0 aliphatic rings. The van der Waals surface area contributed by atoms with E-state index in [1.165, 1.54) is 108 Å². The van der Waals surface area contributed by atoms with Crippen molar-refractivity contribution in [3.8, 4) is 0 Å². The topological polar surface area (TPSA) is 0 Å². The smallest absolute Gasteiger partial charge is 0.00171 e. The summed E-state index contributed by atoms with van der Waals surface area (Å²) in [5, 5.41) is 22.4. The van der Waals surface area contributed by atoms with Gasteiger partial charge >= 0.3 is 0 Å². The lowest BCUT2D eigenvalue weighted by Gasteiger charge is -2.19. The second-order valence-electron chi connectivity index (χ2n) is 15.9. The van der Waals surface area contributed by atoms with Crippen LogP contribution in [0, 0.1) is 0 Å². The highest BCUT2D eigenvalue weighted by molar-refractivity contribution is 6.40. The first-order valence-electron chi connectivity index (χ1n) is 17.2. The molecule has 0 unspecified atom stereocenters. The van der Waals surface area contributed by atoms with Crippen molar-refractivity contribution in [3.05, 3.63) is 107 Å². The second kappa shape index (κ2) is 9.10. The molecule has 46 heavy (non-hydrogen) atoms. The molecule has 9 aromatic rings. The highest BCUT2D eigenvalue weighted by Crippen LogP contribution is 2.49. The number of hydrogen-bond acceptors (Lipinski definition) is 0. The summed E-state index contributed by atoms with van der Waals surface area (Å²) >= 11 is 0. The average molecular weight is 595 g/mol. The quantitative estimate of drug-likeness (QED) is 0.175. The summed E-state index contributed by atoms with van der Waals surface area (Å²) in [4.78, 5) is 0. The number of fused-ring (bicyclic) bond motifs is 11. The Hall–Kier alpha value is -4.42. The lowest BCUT2D eigenvalue weighted by molar-refractivity contribution is 0.591. The van der Waals surface area contributed by atoms with Gasteiger partial charge in [-0.15, -0.1) is 0 Å². The van der Waals surface area contributed by atoms with Crippen LogP contribution >= 0.6 is 0 Å². The molecule has 9 aromatic carbocycles. The largest absolute Gasteiger partial charge is 0.0613 e. The molecule has 0 aromatic heterocycles. The van der Waals surface area contributed by atoms with Gasteiger partial charge in [0.05, 0.1) is 0 Å². The van der Waals surface area contributed by atoms with Gasteiger partial charge < -0.3 is 0 Å². The van der Waals surface area contributed by atoms with Crippen LogP contribution in [0.3, 0.4) is 0 Å². The van der Waals surface area contributed by atoms with Gasteiger partial charge in [0.2, 0.25) is 0 Å². The number of aryl methyl sites for hydroxylation is 2. The van der Waals surface area contributed by atoms with Crippen LogP contribution in [0.1, 0.15) is 77.6 Å². The second-order valence-corrected chi connectivity index (χ2v) is 15.9. The molecule has 0 nitrogen and oxygen atoms in total. The third kappa shape index (κ3) is 3.56. The zero-order valence-electron chi connectivity index (χ0n) is 28.5. The first-order chi connectivity index (χ1) is 22.0. The highest BCUT2D eigenvalue weighted by Gasteiger charge is 2.23. The fourth-order valence-electron chi connectivity index (χ4n) is 8.68. The molecule has 0 fully saturated rings. The predicted molar refractivity (Wildman–Crippen MR) is 205 cm³/mol. The van der Waals surface area contributed by atoms with E-state index in [0.29, 0.717) is 0 Å². The Balaban J connectivity index is 1.54. The van der Waals surface area contributed by atoms with E-state index in [1.54, 1.807) is 0 Å². The zero-order chi connectivity index (χ0) is 31.9. The van der Waals surface area contributed by atoms with E-state index in [9.17, 15) is 0 Å². The summed E-state index contributed by atoms with van der Waals surface area (Å²) < 4.78 is 0. The van der Waals surface area contributed by atoms with Crippen molar-refractivity contribution in [1.29, 1.82) is 0 Å². The van der Waals surface area contributed by atoms with Crippen LogP contribution < -0.4 is 0 Å². The Labute approximate surface area is 271 Å². The van der Waals surface area contributed by atoms with Gasteiger partial charge in [0.15, 0.2) is 0 Å². The molecule has 0 amide bonds. The maximum Gasteiger partial charge on any atom is -0.00171 e. The summed E-state index contributed by atoms with van der Waals surface area (Å²) in [5.41, 5.74) is 5.86. The van der Waals surface area contributed by atoms with E-state index < -0.39 is 0 Å². The van der Waals surface area contributed by atoms with E-state index >= 15 is 0 Å². The van der Waals surface area contributed by atoms with Crippen molar-refractivity contribution in [3.63, 3.8) is 0 Å². The van der Waals surface area contributed by atoms with Crippen LogP contribution in [0.15, 0.2) is 84.9 Å². The predicted octanol–water partition coefficient (Wildman–Crippen LogP) is 13.5. The molecule has 0 aliphatic heterocycles. The standard InChI is InChI=1S/C46H42/c1-9-25-11-15-31-29-17-13-27(45(3,4)5)21-35(29)39-23-37-33(41(25)43(31)39)19-20-34-38(37)24-40-36-22-28(46(6,7)8)14-18-30(36)32-16-12-26(10-2)42(34)44(32)40/h11-24H,9-10H2,1-8H3. The van der Waals surface area contributed by atoms with Gasteiger partial charge in [-0.2, -0.15) is 0 Å². The molecule has 0 saturated heterocycles. The molecule has 0 radical (unpaired) electrons. The van der Waals surface area contributed by atoms with Crippen molar-refractivity contribution in [2.45, 2.75) is 79.1 Å². The van der Waals surface area contributed by atoms with Gasteiger partial charge in [-0.3, -0.25) is 0 Å². The SMILES string of the molecule is CCc1ccc2c3ccc(C(C)(C)C)cc3c3cc4c5cc6c7cc(C(C)(C)C)ccc7c7ccc(CC)c(c5ccc4c1c23)c76. The Bertz CT molecular complexity index is 2510. The number of hydrogen-bond donors (Lipinski definition) is 0. The van der Waals surface area contributed by atoms with Crippen LogP contribution in [0.4, 0.5) is 0 Å². The molecule has 0 atom stereocenters. The molecule has 0 heterocycles. The summed E-state index contributed by atoms with van der Waals surface area (Å²) in [6, 6.07) is 34.0. The molecule has 0 N–H and O–H groups in total. The van der Waals surface area contributed by atoms with Crippen LogP contribution in [-0.2, 0) is 23.7 Å². The van der Waals surface area contributed by atoms with Crippen LogP contribution in [0.5, 0.6) is 0 Å². The Morgan fingerprint density at radius 1 is 0.326 bits per heavy atom. The molecule has 0 heteroatoms. The third-order valence-corrected chi connectivity index (χ3v) is 11.2. The van der Waals surface area contributed by atoms with E-state index in [-0.39, 0.29) is 10.8 Å². The molecule has 0 aliphatic carbocycles. The minimum atomic E-state index is 0.0949. The van der Waals surface area contributed by atoms with Crippen molar-refractivity contribution < 1.29 is 0 Å². The molecule has 9 rings (SSSR count). The van der Waals surface area contributed by atoms with Gasteiger partial charge in [-0.1, -0.05) is 116 Å². The van der Waals surface area contributed by atoms with Crippen LogP contribution in [-0.4, -0.2) is 0 Å². The minimum absolute atomic E-state index is 0.0949. The van der Waals surface area contributed by atoms with Gasteiger partial charge in [-0.05, 0) is 156 Å². The highest BCUT2D eigenvalue weighted by atomic mass is 14.3. The van der Waals surface area contributed by atoms with Crippen molar-refractivity contribution in [2.75, 3.05) is 0 Å². The van der Waals surface area contributed by atoms with E-state index in [2.05, 4.69) is 140 Å². The molecule has 0 bridgehead atoms. The molecular weight excluding hydrogens is 553 g/mol. The third-order valence-electron chi connectivity index (χ3n) is 11.2. The van der Waals surface area contributed by atoms with Crippen molar-refractivity contribution >= 4 is 86.2 Å². The summed E-state index contributed by atoms with van der Waals surface area (Å²) in [5.74, 6) is 0. The first-order valence-corrected chi connectivity index (χ1v) is 17.2.